The molecule has 0 N–H and O–H groups in total. The molecule has 12 nitrogen and oxygen atoms in total. The van der Waals surface area contributed by atoms with Gasteiger partial charge in [0.2, 0.25) is 20.0 Å². The van der Waals surface area contributed by atoms with Gasteiger partial charge in [0.1, 0.15) is 0 Å². The van der Waals surface area contributed by atoms with Crippen LogP contribution in [-0.2, 0) is 29.6 Å². The summed E-state index contributed by atoms with van der Waals surface area (Å²) < 4.78 is 65.0. The Morgan fingerprint density at radius 2 is 0.818 bits per heavy atom. The summed E-state index contributed by atoms with van der Waals surface area (Å²) in [6, 6.07) is 5.01. The summed E-state index contributed by atoms with van der Waals surface area (Å²) in [5.74, 6) is -3.11. The van der Waals surface area contributed by atoms with E-state index in [4.69, 9.17) is 9.47 Å². The fourth-order valence-corrected chi connectivity index (χ4v) is 8.85. The topological polar surface area (TPSA) is 134 Å². The summed E-state index contributed by atoms with van der Waals surface area (Å²) in [7, 11) is 2.48. The van der Waals surface area contributed by atoms with Crippen LogP contribution >= 0.6 is 88.5 Å². The Labute approximate surface area is 304 Å². The van der Waals surface area contributed by atoms with Crippen LogP contribution in [0.15, 0.2) is 51.9 Å². The summed E-state index contributed by atoms with van der Waals surface area (Å²) in [6.45, 7) is 1.51. The lowest BCUT2D eigenvalue weighted by Gasteiger charge is -2.20. The molecule has 250 valence electrons. The van der Waals surface area contributed by atoms with Crippen LogP contribution in [0, 0.1) is 0 Å². The van der Waals surface area contributed by atoms with Crippen LogP contribution in [0.1, 0.15) is 0 Å². The average molecular weight is 959 g/mol. The maximum Gasteiger partial charge on any atom is 0.423 e. The maximum absolute atomic E-state index is 13.0. The van der Waals surface area contributed by atoms with Gasteiger partial charge in [-0.3, -0.25) is 0 Å². The summed E-state index contributed by atoms with van der Waals surface area (Å²) in [5, 5.41) is 0. The van der Waals surface area contributed by atoms with Crippen LogP contribution in [-0.4, -0.2) is 116 Å². The van der Waals surface area contributed by atoms with Crippen molar-refractivity contribution in [2.45, 2.75) is 9.79 Å². The first-order valence-corrected chi connectivity index (χ1v) is 18.0. The molecule has 0 spiro atoms. The quantitative estimate of drug-likeness (QED) is 0.171. The SMILES string of the molecule is CN(C)CCN(C)S(=O)(=O)c1cc(Br)c(OC(=O)C(=O)Oc2c(Br)cc(S(=O)(=O)N(C)CCN(C)C)cc2Br)c(Br)c1.Cl.Cl. The summed E-state index contributed by atoms with van der Waals surface area (Å²) >= 11 is 12.8. The van der Waals surface area contributed by atoms with Crippen LogP contribution in [0.2, 0.25) is 0 Å². The normalized spacial score (nSPS) is 11.9. The van der Waals surface area contributed by atoms with E-state index in [9.17, 15) is 26.4 Å². The average Bonchev–Trinajstić information content (AvgIpc) is 2.88. The molecule has 0 unspecified atom stereocenters. The molecule has 0 radical (unpaired) electrons. The molecule has 0 fully saturated rings. The molecule has 0 aliphatic rings. The molecule has 0 atom stereocenters. The van der Waals surface area contributed by atoms with E-state index in [1.165, 1.54) is 47.0 Å². The Bertz CT molecular complexity index is 1400. The first-order chi connectivity index (χ1) is 19.3. The van der Waals surface area contributed by atoms with Gasteiger partial charge in [0.15, 0.2) is 11.5 Å². The zero-order chi connectivity index (χ0) is 32.2. The molecule has 0 aromatic heterocycles. The van der Waals surface area contributed by atoms with Crippen molar-refractivity contribution in [1.29, 1.82) is 0 Å². The predicted octanol–water partition coefficient (Wildman–Crippen LogP) is 4.46. The second kappa shape index (κ2) is 18.2. The number of likely N-dealkylation sites (N-methyl/N-ethyl adjacent to an activating group) is 4. The predicted molar refractivity (Wildman–Crippen MR) is 186 cm³/mol. The number of sulfonamides is 2. The molecule has 0 aliphatic carbocycles. The number of nitrogens with zero attached hydrogens (tertiary/aromatic N) is 4. The number of carbonyl (C=O) groups is 2. The van der Waals surface area contributed by atoms with Crippen LogP contribution < -0.4 is 9.47 Å². The van der Waals surface area contributed by atoms with Crippen LogP contribution in [0.5, 0.6) is 11.5 Å². The largest absolute Gasteiger partial charge is 0.423 e. The minimum absolute atomic E-state index is 0. The second-order valence-electron chi connectivity index (χ2n) is 9.47. The highest BCUT2D eigenvalue weighted by atomic mass is 79.9. The van der Waals surface area contributed by atoms with Crippen LogP contribution in [0.3, 0.4) is 0 Å². The maximum atomic E-state index is 13.0. The number of carbonyl (C=O) groups excluding carboxylic acids is 2. The van der Waals surface area contributed by atoms with Crippen molar-refractivity contribution in [3.8, 4) is 11.5 Å². The number of hydrogen-bond acceptors (Lipinski definition) is 10. The first kappa shape index (κ1) is 43.6. The highest BCUT2D eigenvalue weighted by Gasteiger charge is 2.29. The molecule has 0 amide bonds. The van der Waals surface area contributed by atoms with Crippen molar-refractivity contribution in [3.63, 3.8) is 0 Å². The Balaban J connectivity index is 0.00000924. The van der Waals surface area contributed by atoms with Crippen molar-refractivity contribution >= 4 is 121 Å². The van der Waals surface area contributed by atoms with Crippen molar-refractivity contribution in [3.05, 3.63) is 42.2 Å². The molecule has 0 aliphatic heterocycles. The molecular formula is C24H32Br4Cl2N4O8S2. The highest BCUT2D eigenvalue weighted by molar-refractivity contribution is 9.11. The summed E-state index contributed by atoms with van der Waals surface area (Å²) in [4.78, 5) is 28.8. The Morgan fingerprint density at radius 1 is 0.568 bits per heavy atom. The van der Waals surface area contributed by atoms with Crippen LogP contribution in [0.4, 0.5) is 0 Å². The number of hydrogen-bond donors (Lipinski definition) is 0. The zero-order valence-electron chi connectivity index (χ0n) is 24.3. The summed E-state index contributed by atoms with van der Waals surface area (Å²) in [5.41, 5.74) is 0. The van der Waals surface area contributed by atoms with E-state index in [2.05, 4.69) is 63.7 Å². The molecule has 0 saturated carbocycles. The molecule has 44 heavy (non-hydrogen) atoms. The molecular weight excluding hydrogens is 927 g/mol. The van der Waals surface area contributed by atoms with Gasteiger partial charge in [-0.05, 0) is 116 Å². The summed E-state index contributed by atoms with van der Waals surface area (Å²) in [6.07, 6.45) is 0. The van der Waals surface area contributed by atoms with Crippen LogP contribution in [0.25, 0.3) is 0 Å². The first-order valence-electron chi connectivity index (χ1n) is 11.9. The van der Waals surface area contributed by atoms with E-state index in [0.29, 0.717) is 13.1 Å². The number of halogens is 6. The molecule has 0 saturated heterocycles. The molecule has 2 aromatic carbocycles. The molecule has 20 heteroatoms. The van der Waals surface area contributed by atoms with E-state index in [-0.39, 0.29) is 77.1 Å². The van der Waals surface area contributed by atoms with Gasteiger partial charge in [-0.25, -0.2) is 26.4 Å². The number of esters is 2. The second-order valence-corrected chi connectivity index (χ2v) is 17.0. The molecule has 0 heterocycles. The molecule has 2 rings (SSSR count). The van der Waals surface area contributed by atoms with E-state index in [1.54, 1.807) is 0 Å². The van der Waals surface area contributed by atoms with Crippen molar-refractivity contribution in [2.75, 3.05) is 68.5 Å². The van der Waals surface area contributed by atoms with Gasteiger partial charge in [0.25, 0.3) is 0 Å². The van der Waals surface area contributed by atoms with Crippen molar-refractivity contribution in [2.24, 2.45) is 0 Å². The van der Waals surface area contributed by atoms with E-state index in [1.807, 2.05) is 38.0 Å². The third-order valence-corrected chi connectivity index (χ3v) is 11.7. The van der Waals surface area contributed by atoms with E-state index in [0.717, 1.165) is 0 Å². The fraction of sp³-hybridized carbons (Fsp3) is 0.417. The fourth-order valence-electron chi connectivity index (χ4n) is 3.12. The standard InChI is InChI=1S/C24H30Br4N4O8S2.2ClH/c1-29(2)7-9-31(5)41(35,36)15-11-17(25)21(18(26)12-15)39-23(33)24(34)40-22-19(27)13-16(14-20(22)28)42(37,38)32(6)10-8-30(3)4;;/h11-14H,7-10H2,1-6H3;2*1H. The monoisotopic (exact) mass is 954 g/mol. The lowest BCUT2D eigenvalue weighted by atomic mass is 10.3. The molecule has 0 bridgehead atoms. The van der Waals surface area contributed by atoms with Gasteiger partial charge >= 0.3 is 11.9 Å². The van der Waals surface area contributed by atoms with Gasteiger partial charge in [-0.1, -0.05) is 0 Å². The third-order valence-electron chi connectivity index (χ3n) is 5.64. The number of benzene rings is 2. The van der Waals surface area contributed by atoms with Crippen molar-refractivity contribution in [1.82, 2.24) is 18.4 Å². The Hall–Kier alpha value is -0.380. The van der Waals surface area contributed by atoms with Gasteiger partial charge < -0.3 is 19.3 Å². The smallest absolute Gasteiger partial charge is 0.416 e. The zero-order valence-corrected chi connectivity index (χ0v) is 33.9. The lowest BCUT2D eigenvalue weighted by molar-refractivity contribution is -0.156. The van der Waals surface area contributed by atoms with Gasteiger partial charge in [0.05, 0.1) is 27.7 Å². The highest BCUT2D eigenvalue weighted by Crippen LogP contribution is 2.38. The van der Waals surface area contributed by atoms with Crippen molar-refractivity contribution < 1.29 is 35.9 Å². The van der Waals surface area contributed by atoms with Gasteiger partial charge in [-0.15, -0.1) is 24.8 Å². The number of rotatable bonds is 12. The van der Waals surface area contributed by atoms with Gasteiger partial charge in [-0.2, -0.15) is 8.61 Å². The Morgan fingerprint density at radius 3 is 1.05 bits per heavy atom. The van der Waals surface area contributed by atoms with E-state index < -0.39 is 32.0 Å². The lowest BCUT2D eigenvalue weighted by Crippen LogP contribution is -2.33. The minimum atomic E-state index is -3.86. The van der Waals surface area contributed by atoms with E-state index >= 15 is 0 Å². The minimum Gasteiger partial charge on any atom is -0.416 e. The molecule has 2 aromatic rings. The third kappa shape index (κ3) is 11.4. The number of ether oxygens (including phenoxy) is 2. The Kier molecular flexibility index (Phi) is 18.1. The van der Waals surface area contributed by atoms with Gasteiger partial charge in [0, 0.05) is 40.3 Å².